The Morgan fingerprint density at radius 1 is 0.880 bits per heavy atom. The maximum Gasteiger partial charge on any atom is 0.238 e. The number of allylic oxidation sites excluding steroid dienone is 4. The first kappa shape index (κ1) is 32.4. The molecule has 1 N–H and O–H groups in total. The number of Topliss-reactive ketones (excluding diaryl/α,β-unsaturated/α-hetero) is 1. The lowest BCUT2D eigenvalue weighted by Gasteiger charge is -2.55. The molecule has 7 nitrogen and oxygen atoms in total. The molecular formula is C41H31BrClNO6. The van der Waals surface area contributed by atoms with Gasteiger partial charge in [-0.1, -0.05) is 83.9 Å². The third-order valence-corrected chi connectivity index (χ3v) is 11.9. The highest BCUT2D eigenvalue weighted by atomic mass is 79.9. The van der Waals surface area contributed by atoms with E-state index >= 15 is 9.59 Å². The van der Waals surface area contributed by atoms with Crippen molar-refractivity contribution >= 4 is 62.2 Å². The summed E-state index contributed by atoms with van der Waals surface area (Å²) in [6.07, 6.45) is 3.98. The van der Waals surface area contributed by atoms with Gasteiger partial charge in [0.1, 0.15) is 0 Å². The van der Waals surface area contributed by atoms with E-state index in [0.717, 1.165) is 5.57 Å². The summed E-state index contributed by atoms with van der Waals surface area (Å²) in [4.78, 5) is 60.0. The van der Waals surface area contributed by atoms with E-state index in [2.05, 4.69) is 15.9 Å². The van der Waals surface area contributed by atoms with Gasteiger partial charge < -0.3 is 9.84 Å². The number of rotatable bonds is 5. The fraction of sp³-hybridized carbons (Fsp3) is 0.220. The molecular weight excluding hydrogens is 718 g/mol. The average Bonchev–Trinajstić information content (AvgIpc) is 3.40. The normalized spacial score (nSPS) is 27.3. The van der Waals surface area contributed by atoms with Crippen molar-refractivity contribution in [2.45, 2.75) is 24.2 Å². The zero-order valence-electron chi connectivity index (χ0n) is 26.9. The van der Waals surface area contributed by atoms with Crippen LogP contribution in [0.4, 0.5) is 5.69 Å². The molecule has 4 aliphatic rings. The molecule has 0 bridgehead atoms. The minimum Gasteiger partial charge on any atom is -0.503 e. The lowest BCUT2D eigenvalue weighted by atomic mass is 9.44. The number of aromatic hydroxyl groups is 1. The summed E-state index contributed by atoms with van der Waals surface area (Å²) in [5, 5.41) is 11.3. The fourth-order valence-corrected chi connectivity index (χ4v) is 9.60. The number of anilines is 1. The Hall–Kier alpha value is -4.79. The molecule has 1 saturated heterocycles. The summed E-state index contributed by atoms with van der Waals surface area (Å²) in [6.45, 7) is 0. The number of hydrogen-bond donors (Lipinski definition) is 1. The molecule has 3 aliphatic carbocycles. The summed E-state index contributed by atoms with van der Waals surface area (Å²) in [5.74, 6) is -4.46. The van der Waals surface area contributed by atoms with Gasteiger partial charge in [0.25, 0.3) is 0 Å². The lowest BCUT2D eigenvalue weighted by molar-refractivity contribution is -0.135. The number of methoxy groups -OCH3 is 1. The zero-order valence-corrected chi connectivity index (χ0v) is 29.2. The number of amides is 2. The molecule has 2 fully saturated rings. The Kier molecular flexibility index (Phi) is 7.92. The number of ketones is 2. The number of phenols is 1. The predicted octanol–water partition coefficient (Wildman–Crippen LogP) is 7.85. The number of benzene rings is 4. The molecule has 0 radical (unpaired) electrons. The van der Waals surface area contributed by atoms with E-state index in [1.807, 2.05) is 66.7 Å². The number of hydrogen-bond acceptors (Lipinski definition) is 6. The topological polar surface area (TPSA) is 101 Å². The van der Waals surface area contributed by atoms with Gasteiger partial charge in [0.2, 0.25) is 11.8 Å². The van der Waals surface area contributed by atoms with Crippen molar-refractivity contribution in [2.24, 2.45) is 23.7 Å². The van der Waals surface area contributed by atoms with Crippen LogP contribution in [0.1, 0.15) is 35.4 Å². The Balaban J connectivity index is 1.38. The smallest absolute Gasteiger partial charge is 0.238 e. The van der Waals surface area contributed by atoms with Crippen LogP contribution in [-0.4, -0.2) is 35.6 Å². The highest BCUT2D eigenvalue weighted by molar-refractivity contribution is 9.10. The third kappa shape index (κ3) is 4.68. The van der Waals surface area contributed by atoms with Gasteiger partial charge in [-0.15, -0.1) is 0 Å². The molecule has 8 rings (SSSR count). The maximum atomic E-state index is 15.2. The van der Waals surface area contributed by atoms with Gasteiger partial charge in [-0.2, -0.15) is 0 Å². The minimum absolute atomic E-state index is 0.0981. The SMILES string of the molecule is COc1cc([C@H]2C3=CC[C@@H]4C(=O)N(c5ccc(Cl)cc5)C(=O)[C@@H]4[C@@H]3C[C@H]3C(=O)C(c4ccccc4)=CC(=O)[C@@]23c2ccccc2)cc(Br)c1O. The standard InChI is InChI=1S/C41H31BrClNO6/c1-50-33-19-23(18-32(42)38(33)47)36-27-16-17-28-35(40(49)44(39(28)48)26-14-12-25(43)13-15-26)30(27)20-31-37(46)29(22-8-4-2-5-9-22)21-34(45)41(31,36)24-10-6-3-7-11-24/h2-16,18-19,21,28,30-31,35-36,47H,17,20H2,1H3/t28-,30+,31-,35-,36-,41-/m0/s1. The van der Waals surface area contributed by atoms with Crippen molar-refractivity contribution in [3.8, 4) is 11.5 Å². The highest BCUT2D eigenvalue weighted by Crippen LogP contribution is 2.64. The molecule has 4 aromatic rings. The van der Waals surface area contributed by atoms with Crippen LogP contribution in [0.15, 0.2) is 119 Å². The molecule has 0 unspecified atom stereocenters. The van der Waals surface area contributed by atoms with Gasteiger partial charge in [0.15, 0.2) is 23.1 Å². The number of fused-ring (bicyclic) bond motifs is 4. The fourth-order valence-electron chi connectivity index (χ4n) is 9.01. The quantitative estimate of drug-likeness (QED) is 0.165. The predicted molar refractivity (Wildman–Crippen MR) is 193 cm³/mol. The Morgan fingerprint density at radius 3 is 2.24 bits per heavy atom. The molecule has 4 aromatic carbocycles. The summed E-state index contributed by atoms with van der Waals surface area (Å²) in [5.41, 5.74) is 2.15. The number of imide groups is 1. The summed E-state index contributed by atoms with van der Waals surface area (Å²) < 4.78 is 5.95. The van der Waals surface area contributed by atoms with Crippen molar-refractivity contribution in [1.82, 2.24) is 0 Å². The minimum atomic E-state index is -1.39. The first-order valence-electron chi connectivity index (χ1n) is 16.5. The van der Waals surface area contributed by atoms with Crippen LogP contribution >= 0.6 is 27.5 Å². The Bertz CT molecular complexity index is 2150. The largest absolute Gasteiger partial charge is 0.503 e. The number of carbonyl (C=O) groups is 4. The molecule has 1 saturated carbocycles. The third-order valence-electron chi connectivity index (χ3n) is 11.1. The van der Waals surface area contributed by atoms with Crippen molar-refractivity contribution in [2.75, 3.05) is 12.0 Å². The molecule has 1 heterocycles. The van der Waals surface area contributed by atoms with E-state index in [4.69, 9.17) is 16.3 Å². The number of nitrogens with zero attached hydrogens (tertiary/aromatic N) is 1. The summed E-state index contributed by atoms with van der Waals surface area (Å²) >= 11 is 9.64. The summed E-state index contributed by atoms with van der Waals surface area (Å²) in [6, 6.07) is 28.6. The number of phenolic OH excluding ortho intramolecular Hbond substituents is 1. The maximum absolute atomic E-state index is 15.2. The van der Waals surface area contributed by atoms with Crippen molar-refractivity contribution in [1.29, 1.82) is 0 Å². The second kappa shape index (κ2) is 12.2. The van der Waals surface area contributed by atoms with Crippen molar-refractivity contribution in [3.63, 3.8) is 0 Å². The van der Waals surface area contributed by atoms with Crippen LogP contribution in [0.2, 0.25) is 5.02 Å². The van der Waals surface area contributed by atoms with Crippen LogP contribution in [0, 0.1) is 23.7 Å². The van der Waals surface area contributed by atoms with E-state index in [1.165, 1.54) is 18.1 Å². The average molecular weight is 749 g/mol. The summed E-state index contributed by atoms with van der Waals surface area (Å²) in [7, 11) is 1.45. The second-order valence-electron chi connectivity index (χ2n) is 13.3. The molecule has 6 atom stereocenters. The van der Waals surface area contributed by atoms with E-state index in [9.17, 15) is 14.7 Å². The van der Waals surface area contributed by atoms with Crippen LogP contribution in [-0.2, 0) is 24.6 Å². The molecule has 250 valence electrons. The second-order valence-corrected chi connectivity index (χ2v) is 14.6. The van der Waals surface area contributed by atoms with Crippen molar-refractivity contribution in [3.05, 3.63) is 141 Å². The van der Waals surface area contributed by atoms with E-state index in [-0.39, 0.29) is 41.3 Å². The zero-order chi connectivity index (χ0) is 34.9. The molecule has 50 heavy (non-hydrogen) atoms. The monoisotopic (exact) mass is 747 g/mol. The molecule has 9 heteroatoms. The van der Waals surface area contributed by atoms with Crippen LogP contribution in [0.3, 0.4) is 0 Å². The van der Waals surface area contributed by atoms with E-state index < -0.39 is 35.0 Å². The first-order chi connectivity index (χ1) is 24.2. The first-order valence-corrected chi connectivity index (χ1v) is 17.6. The lowest BCUT2D eigenvalue weighted by Crippen LogP contribution is -2.58. The number of halogens is 2. The molecule has 1 aliphatic heterocycles. The molecule has 0 spiro atoms. The van der Waals surface area contributed by atoms with Crippen LogP contribution in [0.5, 0.6) is 11.5 Å². The van der Waals surface area contributed by atoms with Crippen LogP contribution < -0.4 is 9.64 Å². The number of carbonyl (C=O) groups excluding carboxylic acids is 4. The van der Waals surface area contributed by atoms with Gasteiger partial charge in [0.05, 0.1) is 34.5 Å². The van der Waals surface area contributed by atoms with Crippen molar-refractivity contribution < 1.29 is 29.0 Å². The molecule has 2 amide bonds. The van der Waals surface area contributed by atoms with Gasteiger partial charge in [-0.05, 0) is 93.9 Å². The van der Waals surface area contributed by atoms with Crippen LogP contribution in [0.25, 0.3) is 5.57 Å². The highest BCUT2D eigenvalue weighted by Gasteiger charge is 2.66. The van der Waals surface area contributed by atoms with E-state index in [1.54, 1.807) is 36.4 Å². The van der Waals surface area contributed by atoms with Gasteiger partial charge >= 0.3 is 0 Å². The van der Waals surface area contributed by atoms with Gasteiger partial charge in [-0.25, -0.2) is 0 Å². The molecule has 0 aromatic heterocycles. The van der Waals surface area contributed by atoms with Gasteiger partial charge in [-0.3, -0.25) is 24.1 Å². The van der Waals surface area contributed by atoms with E-state index in [0.29, 0.717) is 43.9 Å². The van der Waals surface area contributed by atoms with Gasteiger partial charge in [0, 0.05) is 22.4 Å². The Morgan fingerprint density at radius 2 is 1.56 bits per heavy atom. The number of ether oxygens (including phenoxy) is 1. The Labute approximate surface area is 302 Å².